The molecule has 0 aliphatic carbocycles. The van der Waals surface area contributed by atoms with E-state index in [4.69, 9.17) is 4.74 Å². The SMILES string of the molecule is CCCCCCCCc1c(/C(CC)=C(\C)C(=O)OCCCC)ccc2cc(O)ccc12. The van der Waals surface area contributed by atoms with Gasteiger partial charge in [-0.3, -0.25) is 0 Å². The van der Waals surface area contributed by atoms with E-state index in [-0.39, 0.29) is 11.7 Å². The van der Waals surface area contributed by atoms with Crippen LogP contribution in [-0.4, -0.2) is 17.7 Å². The van der Waals surface area contributed by atoms with Crippen molar-refractivity contribution in [2.24, 2.45) is 0 Å². The Balaban J connectivity index is 2.38. The molecule has 3 heteroatoms. The molecule has 1 N–H and O–H groups in total. The number of ether oxygens (including phenoxy) is 1. The zero-order chi connectivity index (χ0) is 22.6. The normalized spacial score (nSPS) is 12.1. The van der Waals surface area contributed by atoms with Crippen molar-refractivity contribution in [3.8, 4) is 5.75 Å². The van der Waals surface area contributed by atoms with E-state index in [9.17, 15) is 9.90 Å². The van der Waals surface area contributed by atoms with E-state index in [0.29, 0.717) is 12.2 Å². The number of phenolic OH excluding ortho intramolecular Hbond substituents is 1. The number of esters is 1. The first kappa shape index (κ1) is 25.0. The summed E-state index contributed by atoms with van der Waals surface area (Å²) in [6, 6.07) is 9.78. The van der Waals surface area contributed by atoms with Gasteiger partial charge in [0, 0.05) is 5.57 Å². The van der Waals surface area contributed by atoms with Gasteiger partial charge in [0.1, 0.15) is 5.75 Å². The Morgan fingerprint density at radius 2 is 1.61 bits per heavy atom. The van der Waals surface area contributed by atoms with Crippen molar-refractivity contribution in [3.63, 3.8) is 0 Å². The average molecular weight is 425 g/mol. The summed E-state index contributed by atoms with van der Waals surface area (Å²) in [6.07, 6.45) is 11.2. The molecule has 0 heterocycles. The van der Waals surface area contributed by atoms with Gasteiger partial charge in [-0.25, -0.2) is 4.79 Å². The number of benzene rings is 2. The molecule has 0 saturated heterocycles. The maximum Gasteiger partial charge on any atom is 0.334 e. The Kier molecular flexibility index (Phi) is 10.6. The zero-order valence-corrected chi connectivity index (χ0v) is 19.9. The van der Waals surface area contributed by atoms with Crippen LogP contribution in [0, 0.1) is 0 Å². The molecule has 3 nitrogen and oxygen atoms in total. The molecule has 0 bridgehead atoms. The second kappa shape index (κ2) is 13.2. The number of hydrogen-bond acceptors (Lipinski definition) is 3. The first-order valence-electron chi connectivity index (χ1n) is 12.1. The molecule has 0 unspecified atom stereocenters. The smallest absolute Gasteiger partial charge is 0.334 e. The lowest BCUT2D eigenvalue weighted by molar-refractivity contribution is -0.139. The number of fused-ring (bicyclic) bond motifs is 1. The molecule has 0 aliphatic rings. The highest BCUT2D eigenvalue weighted by molar-refractivity contribution is 5.99. The molecule has 0 aliphatic heterocycles. The Morgan fingerprint density at radius 3 is 2.32 bits per heavy atom. The second-order valence-corrected chi connectivity index (χ2v) is 8.46. The number of hydrogen-bond donors (Lipinski definition) is 1. The molecule has 0 saturated carbocycles. The Bertz CT molecular complexity index is 879. The zero-order valence-electron chi connectivity index (χ0n) is 19.9. The fourth-order valence-electron chi connectivity index (χ4n) is 4.21. The van der Waals surface area contributed by atoms with E-state index < -0.39 is 0 Å². The molecule has 2 rings (SSSR count). The van der Waals surface area contributed by atoms with E-state index in [0.717, 1.165) is 48.6 Å². The monoisotopic (exact) mass is 424 g/mol. The molecular formula is C28H40O3. The summed E-state index contributed by atoms with van der Waals surface area (Å²) in [5.41, 5.74) is 4.21. The molecule has 0 radical (unpaired) electrons. The van der Waals surface area contributed by atoms with Crippen LogP contribution < -0.4 is 0 Å². The van der Waals surface area contributed by atoms with Gasteiger partial charge in [0.25, 0.3) is 0 Å². The molecule has 2 aromatic carbocycles. The van der Waals surface area contributed by atoms with Crippen LogP contribution in [0.2, 0.25) is 0 Å². The van der Waals surface area contributed by atoms with Crippen LogP contribution in [-0.2, 0) is 16.0 Å². The molecule has 170 valence electrons. The maximum absolute atomic E-state index is 12.7. The highest BCUT2D eigenvalue weighted by atomic mass is 16.5. The highest BCUT2D eigenvalue weighted by Crippen LogP contribution is 2.34. The number of carbonyl (C=O) groups is 1. The molecule has 2 aromatic rings. The van der Waals surface area contributed by atoms with Gasteiger partial charge in [0.15, 0.2) is 0 Å². The summed E-state index contributed by atoms with van der Waals surface area (Å²) >= 11 is 0. The lowest BCUT2D eigenvalue weighted by atomic mass is 9.88. The quantitative estimate of drug-likeness (QED) is 0.201. The van der Waals surface area contributed by atoms with E-state index in [2.05, 4.69) is 32.9 Å². The Morgan fingerprint density at radius 1 is 0.903 bits per heavy atom. The van der Waals surface area contributed by atoms with E-state index in [1.54, 1.807) is 6.07 Å². The Hall–Kier alpha value is -2.29. The first-order chi connectivity index (χ1) is 15.0. The van der Waals surface area contributed by atoms with Gasteiger partial charge in [-0.1, -0.05) is 77.5 Å². The largest absolute Gasteiger partial charge is 0.508 e. The van der Waals surface area contributed by atoms with E-state index in [1.807, 2.05) is 19.1 Å². The van der Waals surface area contributed by atoms with E-state index in [1.165, 1.54) is 43.1 Å². The van der Waals surface area contributed by atoms with Gasteiger partial charge in [0.05, 0.1) is 6.61 Å². The predicted octanol–water partition coefficient (Wildman–Crippen LogP) is 7.98. The molecule has 0 fully saturated rings. The van der Waals surface area contributed by atoms with Crippen molar-refractivity contribution in [1.29, 1.82) is 0 Å². The summed E-state index contributed by atoms with van der Waals surface area (Å²) in [6.45, 7) is 8.81. The second-order valence-electron chi connectivity index (χ2n) is 8.46. The first-order valence-corrected chi connectivity index (χ1v) is 12.1. The topological polar surface area (TPSA) is 46.5 Å². The standard InChI is InChI=1S/C28H40O3/c1-5-8-10-11-12-13-14-26-25-18-16-23(29)20-22(25)15-17-27(26)24(7-3)21(4)28(30)31-19-9-6-2/h15-18,20,29H,5-14,19H2,1-4H3/b24-21+. The van der Waals surface area contributed by atoms with Gasteiger partial charge >= 0.3 is 5.97 Å². The molecule has 31 heavy (non-hydrogen) atoms. The highest BCUT2D eigenvalue weighted by Gasteiger charge is 2.17. The fourth-order valence-corrected chi connectivity index (χ4v) is 4.21. The number of phenols is 1. The summed E-state index contributed by atoms with van der Waals surface area (Å²) in [7, 11) is 0. The molecule has 0 aromatic heterocycles. The average Bonchev–Trinajstić information content (AvgIpc) is 2.77. The third kappa shape index (κ3) is 7.12. The molecular weight excluding hydrogens is 384 g/mol. The van der Waals surface area contributed by atoms with Gasteiger partial charge in [-0.05, 0) is 72.2 Å². The van der Waals surface area contributed by atoms with Crippen LogP contribution in [0.1, 0.15) is 96.6 Å². The maximum atomic E-state index is 12.7. The van der Waals surface area contributed by atoms with Gasteiger partial charge in [0.2, 0.25) is 0 Å². The van der Waals surface area contributed by atoms with Crippen LogP contribution in [0.5, 0.6) is 5.75 Å². The third-order valence-electron chi connectivity index (χ3n) is 6.06. The third-order valence-corrected chi connectivity index (χ3v) is 6.06. The number of aryl methyl sites for hydroxylation is 1. The predicted molar refractivity (Wildman–Crippen MR) is 131 cm³/mol. The number of unbranched alkanes of at least 4 members (excludes halogenated alkanes) is 6. The molecule has 0 amide bonds. The van der Waals surface area contributed by atoms with Crippen molar-refractivity contribution in [3.05, 3.63) is 47.0 Å². The molecule has 0 spiro atoms. The van der Waals surface area contributed by atoms with Crippen LogP contribution in [0.4, 0.5) is 0 Å². The summed E-state index contributed by atoms with van der Waals surface area (Å²) in [4.78, 5) is 12.7. The summed E-state index contributed by atoms with van der Waals surface area (Å²) < 4.78 is 5.50. The minimum Gasteiger partial charge on any atom is -0.508 e. The number of rotatable bonds is 13. The number of allylic oxidation sites excluding steroid dienone is 1. The van der Waals surface area contributed by atoms with Gasteiger partial charge in [-0.15, -0.1) is 0 Å². The van der Waals surface area contributed by atoms with Crippen LogP contribution in [0.25, 0.3) is 16.3 Å². The van der Waals surface area contributed by atoms with Crippen LogP contribution in [0.15, 0.2) is 35.9 Å². The molecule has 0 atom stereocenters. The number of aromatic hydroxyl groups is 1. The van der Waals surface area contributed by atoms with Gasteiger partial charge in [-0.2, -0.15) is 0 Å². The van der Waals surface area contributed by atoms with Crippen molar-refractivity contribution >= 4 is 22.3 Å². The lowest BCUT2D eigenvalue weighted by Crippen LogP contribution is -2.10. The van der Waals surface area contributed by atoms with Crippen molar-refractivity contribution < 1.29 is 14.6 Å². The number of carbonyl (C=O) groups excluding carboxylic acids is 1. The fraction of sp³-hybridized carbons (Fsp3) is 0.536. The van der Waals surface area contributed by atoms with Crippen LogP contribution >= 0.6 is 0 Å². The minimum atomic E-state index is -0.207. The summed E-state index contributed by atoms with van der Waals surface area (Å²) in [5.74, 6) is 0.0781. The van der Waals surface area contributed by atoms with Crippen LogP contribution in [0.3, 0.4) is 0 Å². The van der Waals surface area contributed by atoms with Crippen molar-refractivity contribution in [2.45, 2.75) is 91.9 Å². The van der Waals surface area contributed by atoms with Crippen molar-refractivity contribution in [2.75, 3.05) is 6.61 Å². The van der Waals surface area contributed by atoms with Gasteiger partial charge < -0.3 is 9.84 Å². The van der Waals surface area contributed by atoms with Crippen molar-refractivity contribution in [1.82, 2.24) is 0 Å². The lowest BCUT2D eigenvalue weighted by Gasteiger charge is -2.18. The van der Waals surface area contributed by atoms with E-state index >= 15 is 0 Å². The Labute approximate surface area is 188 Å². The minimum absolute atomic E-state index is 0.207. The summed E-state index contributed by atoms with van der Waals surface area (Å²) in [5, 5.41) is 12.1.